The lowest BCUT2D eigenvalue weighted by Gasteiger charge is -2.13. The summed E-state index contributed by atoms with van der Waals surface area (Å²) in [6.45, 7) is 4.30. The molecule has 0 unspecified atom stereocenters. The van der Waals surface area contributed by atoms with E-state index in [2.05, 4.69) is 23.2 Å². The van der Waals surface area contributed by atoms with Gasteiger partial charge >= 0.3 is 0 Å². The van der Waals surface area contributed by atoms with Crippen LogP contribution in [-0.4, -0.2) is 26.5 Å². The van der Waals surface area contributed by atoms with Crippen molar-refractivity contribution in [3.63, 3.8) is 0 Å². The van der Waals surface area contributed by atoms with Gasteiger partial charge in [0, 0.05) is 25.2 Å². The Labute approximate surface area is 138 Å². The van der Waals surface area contributed by atoms with E-state index in [4.69, 9.17) is 0 Å². The van der Waals surface area contributed by atoms with E-state index in [0.29, 0.717) is 12.1 Å². The molecule has 1 N–H and O–H groups in total. The normalized spacial score (nSPS) is 9.74. The highest BCUT2D eigenvalue weighted by Crippen LogP contribution is 2.16. The Bertz CT molecular complexity index is 746. The van der Waals surface area contributed by atoms with Crippen molar-refractivity contribution in [2.24, 2.45) is 0 Å². The molecule has 0 fully saturated rings. The van der Waals surface area contributed by atoms with Crippen molar-refractivity contribution in [1.82, 2.24) is 5.32 Å². The van der Waals surface area contributed by atoms with Gasteiger partial charge in [-0.15, -0.1) is 0 Å². The van der Waals surface area contributed by atoms with Gasteiger partial charge in [-0.3, -0.25) is 4.79 Å². The van der Waals surface area contributed by atoms with Crippen LogP contribution in [0.25, 0.3) is 0 Å². The number of aryl methyl sites for hydroxylation is 2. The number of carbonyl (C=O) groups is 1. The number of rotatable bonds is 3. The first-order valence-electron chi connectivity index (χ1n) is 7.59. The summed E-state index contributed by atoms with van der Waals surface area (Å²) in [4.78, 5) is 14.2. The molecule has 0 spiro atoms. The molecule has 3 nitrogen and oxygen atoms in total. The van der Waals surface area contributed by atoms with Gasteiger partial charge in [0.2, 0.25) is 0 Å². The second-order valence-electron chi connectivity index (χ2n) is 5.77. The molecule has 0 heterocycles. The average molecular weight is 306 g/mol. The predicted octanol–water partition coefficient (Wildman–Crippen LogP) is 3.15. The molecular weight excluding hydrogens is 284 g/mol. The van der Waals surface area contributed by atoms with Crippen LogP contribution < -0.4 is 10.2 Å². The highest BCUT2D eigenvalue weighted by Gasteiger charge is 2.05. The standard InChI is InChI=1S/C20H22N2O/c1-15-12-16(2)14-18(13-15)20(23)21-11-7-9-17-8-5-6-10-19(17)22(3)4/h5-6,8,10,12-14H,11H2,1-4H3,(H,21,23). The van der Waals surface area contributed by atoms with Crippen molar-refractivity contribution < 1.29 is 4.79 Å². The zero-order valence-corrected chi connectivity index (χ0v) is 14.1. The third kappa shape index (κ3) is 4.62. The van der Waals surface area contributed by atoms with Crippen LogP contribution in [0.15, 0.2) is 42.5 Å². The van der Waals surface area contributed by atoms with Crippen molar-refractivity contribution in [3.05, 3.63) is 64.7 Å². The number of nitrogens with zero attached hydrogens (tertiary/aromatic N) is 1. The fourth-order valence-corrected chi connectivity index (χ4v) is 2.44. The summed E-state index contributed by atoms with van der Waals surface area (Å²) in [7, 11) is 3.98. The first-order valence-corrected chi connectivity index (χ1v) is 7.59. The van der Waals surface area contributed by atoms with Crippen LogP contribution in [0.2, 0.25) is 0 Å². The van der Waals surface area contributed by atoms with Crippen molar-refractivity contribution in [1.29, 1.82) is 0 Å². The van der Waals surface area contributed by atoms with Gasteiger partial charge < -0.3 is 10.2 Å². The van der Waals surface area contributed by atoms with Gasteiger partial charge in [-0.05, 0) is 38.1 Å². The molecule has 0 aliphatic carbocycles. The molecule has 0 saturated heterocycles. The number of amides is 1. The van der Waals surface area contributed by atoms with E-state index < -0.39 is 0 Å². The smallest absolute Gasteiger partial charge is 0.252 e. The van der Waals surface area contributed by atoms with E-state index in [1.54, 1.807) is 0 Å². The summed E-state index contributed by atoms with van der Waals surface area (Å²) >= 11 is 0. The van der Waals surface area contributed by atoms with Gasteiger partial charge in [-0.25, -0.2) is 0 Å². The van der Waals surface area contributed by atoms with Crippen LogP contribution in [0.3, 0.4) is 0 Å². The van der Waals surface area contributed by atoms with Crippen LogP contribution in [0.1, 0.15) is 27.0 Å². The summed E-state index contributed by atoms with van der Waals surface area (Å²) in [5, 5.41) is 2.85. The van der Waals surface area contributed by atoms with Crippen LogP contribution in [0.5, 0.6) is 0 Å². The Morgan fingerprint density at radius 2 is 1.74 bits per heavy atom. The van der Waals surface area contributed by atoms with Gasteiger partial charge in [0.05, 0.1) is 12.2 Å². The molecule has 0 atom stereocenters. The summed E-state index contributed by atoms with van der Waals surface area (Å²) < 4.78 is 0. The van der Waals surface area contributed by atoms with E-state index in [1.165, 1.54) is 0 Å². The van der Waals surface area contributed by atoms with Crippen LogP contribution in [0, 0.1) is 25.7 Å². The summed E-state index contributed by atoms with van der Waals surface area (Å²) in [6, 6.07) is 13.8. The zero-order chi connectivity index (χ0) is 16.8. The maximum atomic E-state index is 12.1. The fourth-order valence-electron chi connectivity index (χ4n) is 2.44. The van der Waals surface area contributed by atoms with Gasteiger partial charge in [0.15, 0.2) is 0 Å². The molecular formula is C20H22N2O. The minimum Gasteiger partial charge on any atom is -0.377 e. The number of anilines is 1. The number of benzene rings is 2. The zero-order valence-electron chi connectivity index (χ0n) is 14.1. The SMILES string of the molecule is Cc1cc(C)cc(C(=O)NCC#Cc2ccccc2N(C)C)c1. The van der Waals surface area contributed by atoms with E-state index in [9.17, 15) is 4.79 Å². The molecule has 23 heavy (non-hydrogen) atoms. The van der Waals surface area contributed by atoms with E-state index in [0.717, 1.165) is 22.4 Å². The third-order valence-corrected chi connectivity index (χ3v) is 3.43. The summed E-state index contributed by atoms with van der Waals surface area (Å²) in [6.07, 6.45) is 0. The fraction of sp³-hybridized carbons (Fsp3) is 0.250. The maximum Gasteiger partial charge on any atom is 0.252 e. The van der Waals surface area contributed by atoms with Crippen molar-refractivity contribution in [2.75, 3.05) is 25.5 Å². The van der Waals surface area contributed by atoms with Crippen LogP contribution in [-0.2, 0) is 0 Å². The molecule has 118 valence electrons. The Morgan fingerprint density at radius 3 is 2.39 bits per heavy atom. The lowest BCUT2D eigenvalue weighted by atomic mass is 10.1. The number of nitrogens with one attached hydrogen (secondary N) is 1. The predicted molar refractivity (Wildman–Crippen MR) is 95.9 cm³/mol. The summed E-state index contributed by atoms with van der Waals surface area (Å²) in [5.74, 6) is 6.05. The minimum atomic E-state index is -0.0907. The second-order valence-corrected chi connectivity index (χ2v) is 5.77. The van der Waals surface area contributed by atoms with Gasteiger partial charge in [0.25, 0.3) is 5.91 Å². The number of hydrogen-bond donors (Lipinski definition) is 1. The quantitative estimate of drug-likeness (QED) is 0.884. The highest BCUT2D eigenvalue weighted by atomic mass is 16.1. The molecule has 2 aromatic carbocycles. The van der Waals surface area contributed by atoms with E-state index in [-0.39, 0.29) is 5.91 Å². The maximum absolute atomic E-state index is 12.1. The molecule has 3 heteroatoms. The van der Waals surface area contributed by atoms with Gasteiger partial charge in [0.1, 0.15) is 0 Å². The van der Waals surface area contributed by atoms with Crippen molar-refractivity contribution in [3.8, 4) is 11.8 Å². The number of hydrogen-bond acceptors (Lipinski definition) is 2. The number of para-hydroxylation sites is 1. The van der Waals surface area contributed by atoms with Gasteiger partial charge in [-0.1, -0.05) is 41.2 Å². The Hall–Kier alpha value is -2.73. The molecule has 0 aromatic heterocycles. The number of carbonyl (C=O) groups excluding carboxylic acids is 1. The second kappa shape index (κ2) is 7.51. The van der Waals surface area contributed by atoms with Crippen molar-refractivity contribution >= 4 is 11.6 Å². The molecule has 0 aliphatic heterocycles. The summed E-state index contributed by atoms with van der Waals surface area (Å²) in [5.41, 5.74) is 4.87. The van der Waals surface area contributed by atoms with Gasteiger partial charge in [-0.2, -0.15) is 0 Å². The van der Waals surface area contributed by atoms with E-state index in [1.807, 2.05) is 69.2 Å². The molecule has 2 aromatic rings. The monoisotopic (exact) mass is 306 g/mol. The topological polar surface area (TPSA) is 32.3 Å². The Morgan fingerprint density at radius 1 is 1.09 bits per heavy atom. The molecule has 0 saturated carbocycles. The lowest BCUT2D eigenvalue weighted by Crippen LogP contribution is -2.23. The average Bonchev–Trinajstić information content (AvgIpc) is 2.50. The molecule has 1 amide bonds. The first-order chi connectivity index (χ1) is 11.0. The molecule has 0 aliphatic rings. The molecule has 0 bridgehead atoms. The minimum absolute atomic E-state index is 0.0907. The van der Waals surface area contributed by atoms with E-state index >= 15 is 0 Å². The lowest BCUT2D eigenvalue weighted by molar-refractivity contribution is 0.0958. The third-order valence-electron chi connectivity index (χ3n) is 3.43. The van der Waals surface area contributed by atoms with Crippen LogP contribution >= 0.6 is 0 Å². The Balaban J connectivity index is 2.02. The molecule has 2 rings (SSSR count). The van der Waals surface area contributed by atoms with Crippen molar-refractivity contribution in [2.45, 2.75) is 13.8 Å². The largest absolute Gasteiger partial charge is 0.377 e. The highest BCUT2D eigenvalue weighted by molar-refractivity contribution is 5.94. The first kappa shape index (κ1) is 16.6. The van der Waals surface area contributed by atoms with Crippen LogP contribution in [0.4, 0.5) is 5.69 Å². The Kier molecular flexibility index (Phi) is 5.43. The molecule has 0 radical (unpaired) electrons.